The van der Waals surface area contributed by atoms with Crippen molar-refractivity contribution in [2.24, 2.45) is 0 Å². The Morgan fingerprint density at radius 1 is 1.33 bits per heavy atom. The quantitative estimate of drug-likeness (QED) is 0.807. The van der Waals surface area contributed by atoms with Gasteiger partial charge in [-0.05, 0) is 36.3 Å². The van der Waals surface area contributed by atoms with E-state index in [1.54, 1.807) is 10.7 Å². The molecular weight excluding hydrogens is 327 g/mol. The van der Waals surface area contributed by atoms with Gasteiger partial charge in [0.25, 0.3) is 0 Å². The molecule has 112 valence electrons. The average Bonchev–Trinajstić information content (AvgIpc) is 2.87. The van der Waals surface area contributed by atoms with Gasteiger partial charge in [-0.1, -0.05) is 36.2 Å². The van der Waals surface area contributed by atoms with Crippen molar-refractivity contribution in [3.8, 4) is 0 Å². The summed E-state index contributed by atoms with van der Waals surface area (Å²) in [7, 11) is 0. The topological polar surface area (TPSA) is 41.9 Å². The first-order chi connectivity index (χ1) is 10.1. The summed E-state index contributed by atoms with van der Waals surface area (Å²) in [5.74, 6) is 0.702. The Kier molecular flexibility index (Phi) is 5.85. The maximum atomic E-state index is 6.16. The van der Waals surface area contributed by atoms with Crippen LogP contribution in [0.5, 0.6) is 0 Å². The number of halogens is 2. The third kappa shape index (κ3) is 4.88. The van der Waals surface area contributed by atoms with Crippen LogP contribution in [0, 0.1) is 0 Å². The summed E-state index contributed by atoms with van der Waals surface area (Å²) < 4.78 is 1.79. The lowest BCUT2D eigenvalue weighted by molar-refractivity contribution is 0.690. The zero-order valence-corrected chi connectivity index (χ0v) is 13.9. The van der Waals surface area contributed by atoms with E-state index in [1.165, 1.54) is 0 Å². The molecule has 2 N–H and O–H groups in total. The highest BCUT2D eigenvalue weighted by Crippen LogP contribution is 2.21. The third-order valence-electron chi connectivity index (χ3n) is 2.77. The number of rotatable bonds is 5. The molecule has 0 fully saturated rings. The minimum absolute atomic E-state index is 0.576. The molecule has 1 aromatic heterocycles. The summed E-state index contributed by atoms with van der Waals surface area (Å²) in [6, 6.07) is 7.30. The van der Waals surface area contributed by atoms with E-state index in [4.69, 9.17) is 35.4 Å². The second-order valence-electron chi connectivity index (χ2n) is 4.52. The van der Waals surface area contributed by atoms with Crippen LogP contribution in [0.1, 0.15) is 18.9 Å². The number of hydrogen-bond donors (Lipinski definition) is 2. The van der Waals surface area contributed by atoms with Gasteiger partial charge in [-0.25, -0.2) is 0 Å². The normalized spacial score (nSPS) is 10.4. The summed E-state index contributed by atoms with van der Waals surface area (Å²) >= 11 is 17.2. The van der Waals surface area contributed by atoms with E-state index in [2.05, 4.69) is 22.7 Å². The number of hydrogen-bond acceptors (Lipinski definition) is 2. The summed E-state index contributed by atoms with van der Waals surface area (Å²) in [5, 5.41) is 12.4. The Hall–Kier alpha value is -1.30. The molecule has 0 unspecified atom stereocenters. The van der Waals surface area contributed by atoms with Crippen LogP contribution in [0.2, 0.25) is 10.0 Å². The molecule has 2 aromatic rings. The van der Waals surface area contributed by atoms with Gasteiger partial charge in [-0.3, -0.25) is 4.68 Å². The van der Waals surface area contributed by atoms with Crippen molar-refractivity contribution in [3.63, 3.8) is 0 Å². The zero-order valence-electron chi connectivity index (χ0n) is 11.6. The largest absolute Gasteiger partial charge is 0.362 e. The van der Waals surface area contributed by atoms with E-state index < -0.39 is 0 Å². The van der Waals surface area contributed by atoms with E-state index >= 15 is 0 Å². The maximum absolute atomic E-state index is 6.16. The highest BCUT2D eigenvalue weighted by atomic mass is 35.5. The molecule has 0 radical (unpaired) electrons. The van der Waals surface area contributed by atoms with Crippen LogP contribution in [0.4, 0.5) is 5.82 Å². The lowest BCUT2D eigenvalue weighted by Gasteiger charge is -2.07. The lowest BCUT2D eigenvalue weighted by Crippen LogP contribution is -2.29. The summed E-state index contributed by atoms with van der Waals surface area (Å²) in [6.45, 7) is 3.50. The second-order valence-corrected chi connectivity index (χ2v) is 5.77. The summed E-state index contributed by atoms with van der Waals surface area (Å²) in [5.41, 5.74) is 0.961. The summed E-state index contributed by atoms with van der Waals surface area (Å²) in [6.07, 6.45) is 2.89. The van der Waals surface area contributed by atoms with Gasteiger partial charge in [-0.15, -0.1) is 0 Å². The number of benzene rings is 1. The fraction of sp³-hybridized carbons (Fsp3) is 0.286. The second kappa shape index (κ2) is 7.64. The standard InChI is InChI=1S/C14H16Cl2N4S/c1-2-6-17-14(21)18-13-5-7-20(19-13)9-10-3-4-11(15)8-12(10)16/h3-5,7-8H,2,6,9H2,1H3,(H2,17,18,19,21). The van der Waals surface area contributed by atoms with Crippen molar-refractivity contribution in [2.75, 3.05) is 11.9 Å². The molecule has 2 rings (SSSR count). The SMILES string of the molecule is CCCNC(=S)Nc1ccn(Cc2ccc(Cl)cc2Cl)n1. The average molecular weight is 343 g/mol. The van der Waals surface area contributed by atoms with Crippen LogP contribution in [0.15, 0.2) is 30.5 Å². The van der Waals surface area contributed by atoms with Crippen LogP contribution in [0.3, 0.4) is 0 Å². The van der Waals surface area contributed by atoms with E-state index in [0.717, 1.165) is 18.5 Å². The fourth-order valence-corrected chi connectivity index (χ4v) is 2.41. The van der Waals surface area contributed by atoms with Gasteiger partial charge in [0.05, 0.1) is 6.54 Å². The molecule has 0 saturated carbocycles. The smallest absolute Gasteiger partial charge is 0.171 e. The molecule has 7 heteroatoms. The first-order valence-electron chi connectivity index (χ1n) is 6.60. The van der Waals surface area contributed by atoms with Crippen molar-refractivity contribution in [2.45, 2.75) is 19.9 Å². The fourth-order valence-electron chi connectivity index (χ4n) is 1.74. The van der Waals surface area contributed by atoms with Crippen LogP contribution < -0.4 is 10.6 Å². The van der Waals surface area contributed by atoms with Crippen LogP contribution in [-0.4, -0.2) is 21.4 Å². The number of nitrogens with zero attached hydrogens (tertiary/aromatic N) is 2. The van der Waals surface area contributed by atoms with Crippen LogP contribution >= 0.6 is 35.4 Å². The molecule has 0 aliphatic rings. The number of nitrogens with one attached hydrogen (secondary N) is 2. The van der Waals surface area contributed by atoms with Crippen molar-refractivity contribution in [3.05, 3.63) is 46.1 Å². The molecule has 0 bridgehead atoms. The van der Waals surface area contributed by atoms with Crippen molar-refractivity contribution < 1.29 is 0 Å². The van der Waals surface area contributed by atoms with Crippen molar-refractivity contribution >= 4 is 46.4 Å². The molecule has 0 atom stereocenters. The third-order valence-corrected chi connectivity index (χ3v) is 3.60. The maximum Gasteiger partial charge on any atom is 0.171 e. The van der Waals surface area contributed by atoms with Gasteiger partial charge in [0.15, 0.2) is 10.9 Å². The van der Waals surface area contributed by atoms with E-state index in [9.17, 15) is 0 Å². The Labute approximate surface area is 139 Å². The van der Waals surface area contributed by atoms with Gasteiger partial charge in [0.1, 0.15) is 0 Å². The van der Waals surface area contributed by atoms with E-state index in [0.29, 0.717) is 27.5 Å². The molecule has 0 aliphatic heterocycles. The van der Waals surface area contributed by atoms with E-state index in [1.807, 2.05) is 24.4 Å². The summed E-state index contributed by atoms with van der Waals surface area (Å²) in [4.78, 5) is 0. The molecule has 0 amide bonds. The van der Waals surface area contributed by atoms with E-state index in [-0.39, 0.29) is 0 Å². The molecule has 0 aliphatic carbocycles. The highest BCUT2D eigenvalue weighted by molar-refractivity contribution is 7.80. The molecule has 21 heavy (non-hydrogen) atoms. The predicted octanol–water partition coefficient (Wildman–Crippen LogP) is 3.93. The van der Waals surface area contributed by atoms with Gasteiger partial charge < -0.3 is 10.6 Å². The highest BCUT2D eigenvalue weighted by Gasteiger charge is 2.05. The first-order valence-corrected chi connectivity index (χ1v) is 7.77. The number of thiocarbonyl (C=S) groups is 1. The minimum atomic E-state index is 0.576. The molecule has 1 aromatic carbocycles. The Bertz CT molecular complexity index is 627. The van der Waals surface area contributed by atoms with Crippen molar-refractivity contribution in [1.82, 2.24) is 15.1 Å². The molecular formula is C14H16Cl2N4S. The van der Waals surface area contributed by atoms with Crippen molar-refractivity contribution in [1.29, 1.82) is 0 Å². The number of aromatic nitrogens is 2. The minimum Gasteiger partial charge on any atom is -0.362 e. The molecule has 0 spiro atoms. The monoisotopic (exact) mass is 342 g/mol. The first kappa shape index (κ1) is 16.1. The van der Waals surface area contributed by atoms with Gasteiger partial charge >= 0.3 is 0 Å². The zero-order chi connectivity index (χ0) is 15.2. The Balaban J connectivity index is 1.98. The van der Waals surface area contributed by atoms with Gasteiger partial charge in [0.2, 0.25) is 0 Å². The Morgan fingerprint density at radius 2 is 2.14 bits per heavy atom. The van der Waals surface area contributed by atoms with Crippen LogP contribution in [0.25, 0.3) is 0 Å². The number of anilines is 1. The predicted molar refractivity (Wildman–Crippen MR) is 92.3 cm³/mol. The molecule has 4 nitrogen and oxygen atoms in total. The molecule has 0 saturated heterocycles. The molecule has 1 heterocycles. The van der Waals surface area contributed by atoms with Crippen LogP contribution in [-0.2, 0) is 6.54 Å². The van der Waals surface area contributed by atoms with Gasteiger partial charge in [-0.2, -0.15) is 5.10 Å². The van der Waals surface area contributed by atoms with Gasteiger partial charge in [0, 0.05) is 28.9 Å². The Morgan fingerprint density at radius 3 is 2.86 bits per heavy atom. The lowest BCUT2D eigenvalue weighted by atomic mass is 10.2.